The predicted molar refractivity (Wildman–Crippen MR) is 110 cm³/mol. The highest BCUT2D eigenvalue weighted by Gasteiger charge is 2.27. The van der Waals surface area contributed by atoms with Crippen molar-refractivity contribution in [2.24, 2.45) is 7.05 Å². The summed E-state index contributed by atoms with van der Waals surface area (Å²) in [6.07, 6.45) is 12.2. The lowest BCUT2D eigenvalue weighted by Crippen LogP contribution is -2.34. The average Bonchev–Trinajstić information content (AvgIpc) is 3.21. The Hall–Kier alpha value is -2.34. The highest BCUT2D eigenvalue weighted by molar-refractivity contribution is 7.17. The van der Waals surface area contributed by atoms with E-state index in [0.717, 1.165) is 35.7 Å². The van der Waals surface area contributed by atoms with E-state index in [1.807, 2.05) is 17.9 Å². The van der Waals surface area contributed by atoms with Crippen LogP contribution >= 0.6 is 11.3 Å². The number of likely N-dealkylation sites (tertiary alicyclic amines) is 1. The number of nitrogens with zero attached hydrogens (tertiary/aromatic N) is 4. The Morgan fingerprint density at radius 3 is 2.93 bits per heavy atom. The molecule has 1 aliphatic heterocycles. The Kier molecular flexibility index (Phi) is 4.91. The molecule has 1 atom stereocenters. The van der Waals surface area contributed by atoms with Gasteiger partial charge in [-0.25, -0.2) is 4.98 Å². The summed E-state index contributed by atoms with van der Waals surface area (Å²) < 4.78 is 4.22. The molecule has 1 fully saturated rings. The zero-order chi connectivity index (χ0) is 19.0. The number of aromatic nitrogens is 3. The molecule has 3 aromatic heterocycles. The Morgan fingerprint density at radius 1 is 1.30 bits per heavy atom. The quantitative estimate of drug-likeness (QED) is 0.626. The fourth-order valence-electron chi connectivity index (χ4n) is 4.03. The van der Waals surface area contributed by atoms with E-state index < -0.39 is 0 Å². The van der Waals surface area contributed by atoms with Gasteiger partial charge in [0.15, 0.2) is 4.96 Å². The second-order valence-corrected chi connectivity index (χ2v) is 8.56. The SMILES string of the molecule is Cc1cn2c(/C=C\C(=O)N3CCCCC[C@H]3c3cccn3C)c(C)nc2s1. The van der Waals surface area contributed by atoms with E-state index in [-0.39, 0.29) is 11.9 Å². The maximum atomic E-state index is 13.1. The van der Waals surface area contributed by atoms with Crippen molar-refractivity contribution in [2.75, 3.05) is 6.54 Å². The maximum Gasteiger partial charge on any atom is 0.247 e. The van der Waals surface area contributed by atoms with Crippen LogP contribution in [0.3, 0.4) is 0 Å². The number of amides is 1. The van der Waals surface area contributed by atoms with Crippen LogP contribution in [-0.2, 0) is 11.8 Å². The molecular formula is C21H26N4OS. The van der Waals surface area contributed by atoms with E-state index in [1.165, 1.54) is 23.4 Å². The summed E-state index contributed by atoms with van der Waals surface area (Å²) >= 11 is 1.67. The summed E-state index contributed by atoms with van der Waals surface area (Å²) in [4.78, 5) is 22.0. The minimum Gasteiger partial charge on any atom is -0.353 e. The highest BCUT2D eigenvalue weighted by Crippen LogP contribution is 2.30. The molecule has 27 heavy (non-hydrogen) atoms. The van der Waals surface area contributed by atoms with Crippen LogP contribution in [0.25, 0.3) is 11.0 Å². The molecule has 1 amide bonds. The lowest BCUT2D eigenvalue weighted by molar-refractivity contribution is -0.128. The highest BCUT2D eigenvalue weighted by atomic mass is 32.1. The van der Waals surface area contributed by atoms with Crippen LogP contribution in [0.5, 0.6) is 0 Å². The third-order valence-corrected chi connectivity index (χ3v) is 6.31. The monoisotopic (exact) mass is 382 g/mol. The number of rotatable bonds is 3. The van der Waals surface area contributed by atoms with Crippen LogP contribution in [0.4, 0.5) is 0 Å². The number of carbonyl (C=O) groups excluding carboxylic acids is 1. The Labute approximate surface area is 163 Å². The van der Waals surface area contributed by atoms with Gasteiger partial charge in [0, 0.05) is 42.6 Å². The van der Waals surface area contributed by atoms with Crippen molar-refractivity contribution in [3.8, 4) is 0 Å². The number of fused-ring (bicyclic) bond motifs is 1. The molecule has 4 heterocycles. The fourth-order valence-corrected chi connectivity index (χ4v) is 4.91. The number of aryl methyl sites for hydroxylation is 3. The fraction of sp³-hybridized carbons (Fsp3) is 0.429. The zero-order valence-electron chi connectivity index (χ0n) is 16.2. The van der Waals surface area contributed by atoms with Gasteiger partial charge in [0.05, 0.1) is 17.4 Å². The topological polar surface area (TPSA) is 42.5 Å². The van der Waals surface area contributed by atoms with Crippen LogP contribution in [0.2, 0.25) is 0 Å². The third-order valence-electron chi connectivity index (χ3n) is 5.41. The molecule has 6 heteroatoms. The van der Waals surface area contributed by atoms with Gasteiger partial charge in [-0.05, 0) is 44.9 Å². The van der Waals surface area contributed by atoms with Crippen LogP contribution in [0, 0.1) is 13.8 Å². The van der Waals surface area contributed by atoms with Gasteiger partial charge in [-0.2, -0.15) is 0 Å². The van der Waals surface area contributed by atoms with Crippen molar-refractivity contribution in [1.82, 2.24) is 18.9 Å². The van der Waals surface area contributed by atoms with Crippen LogP contribution in [-0.4, -0.2) is 31.3 Å². The second kappa shape index (κ2) is 7.35. The van der Waals surface area contributed by atoms with E-state index in [4.69, 9.17) is 0 Å². The average molecular weight is 383 g/mol. The summed E-state index contributed by atoms with van der Waals surface area (Å²) in [5, 5.41) is 0. The first-order chi connectivity index (χ1) is 13.0. The molecule has 5 nitrogen and oxygen atoms in total. The number of hydrogen-bond acceptors (Lipinski definition) is 3. The third kappa shape index (κ3) is 3.46. The molecule has 0 unspecified atom stereocenters. The molecule has 142 valence electrons. The lowest BCUT2D eigenvalue weighted by atomic mass is 10.1. The predicted octanol–water partition coefficient (Wildman–Crippen LogP) is 4.51. The Morgan fingerprint density at radius 2 is 2.15 bits per heavy atom. The lowest BCUT2D eigenvalue weighted by Gasteiger charge is -2.29. The molecule has 1 saturated heterocycles. The van der Waals surface area contributed by atoms with Crippen LogP contribution in [0.15, 0.2) is 30.6 Å². The van der Waals surface area contributed by atoms with E-state index >= 15 is 0 Å². The second-order valence-electron chi connectivity index (χ2n) is 7.35. The summed E-state index contributed by atoms with van der Waals surface area (Å²) in [6, 6.07) is 4.35. The molecule has 0 N–H and O–H groups in total. The van der Waals surface area contributed by atoms with Crippen LogP contribution < -0.4 is 0 Å². The molecule has 0 spiro atoms. The summed E-state index contributed by atoms with van der Waals surface area (Å²) in [5.74, 6) is 0.0874. The van der Waals surface area contributed by atoms with Gasteiger partial charge in [0.25, 0.3) is 0 Å². The summed E-state index contributed by atoms with van der Waals surface area (Å²) in [5.41, 5.74) is 3.17. The van der Waals surface area contributed by atoms with Crippen molar-refractivity contribution in [2.45, 2.75) is 45.6 Å². The van der Waals surface area contributed by atoms with Gasteiger partial charge < -0.3 is 9.47 Å². The molecule has 1 aliphatic rings. The Balaban J connectivity index is 1.62. The van der Waals surface area contributed by atoms with Crippen molar-refractivity contribution in [1.29, 1.82) is 0 Å². The largest absolute Gasteiger partial charge is 0.353 e. The van der Waals surface area contributed by atoms with Gasteiger partial charge in [0.1, 0.15) is 0 Å². The first kappa shape index (κ1) is 18.0. The van der Waals surface area contributed by atoms with E-state index in [0.29, 0.717) is 0 Å². The molecule has 0 radical (unpaired) electrons. The smallest absolute Gasteiger partial charge is 0.247 e. The molecule has 0 bridgehead atoms. The molecule has 0 saturated carbocycles. The van der Waals surface area contributed by atoms with E-state index in [2.05, 4.69) is 52.4 Å². The van der Waals surface area contributed by atoms with Gasteiger partial charge in [-0.15, -0.1) is 11.3 Å². The summed E-state index contributed by atoms with van der Waals surface area (Å²) in [6.45, 7) is 4.89. The van der Waals surface area contributed by atoms with Gasteiger partial charge >= 0.3 is 0 Å². The van der Waals surface area contributed by atoms with Crippen molar-refractivity contribution >= 4 is 28.3 Å². The zero-order valence-corrected chi connectivity index (χ0v) is 17.0. The molecule has 3 aromatic rings. The number of carbonyl (C=O) groups is 1. The number of thiazole rings is 1. The minimum atomic E-state index is 0.0874. The van der Waals surface area contributed by atoms with E-state index in [9.17, 15) is 4.79 Å². The Bertz CT molecular complexity index is 993. The molecule has 0 aliphatic carbocycles. The van der Waals surface area contributed by atoms with Gasteiger partial charge in [0.2, 0.25) is 5.91 Å². The van der Waals surface area contributed by atoms with E-state index in [1.54, 1.807) is 17.4 Å². The maximum absolute atomic E-state index is 13.1. The standard InChI is InChI=1S/C21H26N4OS/c1-15-14-25-17(16(2)22-21(25)27-15)10-11-20(26)24-13-6-4-5-8-19(24)18-9-7-12-23(18)3/h7,9-12,14,19H,4-6,8,13H2,1-3H3/b11-10-/t19-/m0/s1. The molecule has 0 aromatic carbocycles. The van der Waals surface area contributed by atoms with Crippen molar-refractivity contribution < 1.29 is 4.79 Å². The van der Waals surface area contributed by atoms with Gasteiger partial charge in [-0.3, -0.25) is 9.20 Å². The summed E-state index contributed by atoms with van der Waals surface area (Å²) in [7, 11) is 2.06. The van der Waals surface area contributed by atoms with Crippen molar-refractivity contribution in [3.63, 3.8) is 0 Å². The van der Waals surface area contributed by atoms with Gasteiger partial charge in [-0.1, -0.05) is 12.8 Å². The van der Waals surface area contributed by atoms with Crippen molar-refractivity contribution in [3.05, 3.63) is 52.6 Å². The molecule has 4 rings (SSSR count). The first-order valence-corrected chi connectivity index (χ1v) is 10.4. The normalized spacial score (nSPS) is 18.5. The number of hydrogen-bond donors (Lipinski definition) is 0. The molecular weight excluding hydrogens is 356 g/mol. The van der Waals surface area contributed by atoms with Crippen LogP contribution in [0.1, 0.15) is 53.7 Å². The first-order valence-electron chi connectivity index (χ1n) is 9.59. The number of imidazole rings is 1. The minimum absolute atomic E-state index is 0.0874.